The van der Waals surface area contributed by atoms with Gasteiger partial charge >= 0.3 is 6.03 Å². The van der Waals surface area contributed by atoms with E-state index in [0.717, 1.165) is 25.5 Å². The van der Waals surface area contributed by atoms with Crippen molar-refractivity contribution in [3.63, 3.8) is 0 Å². The number of anilines is 2. The number of carbonyl (C=O) groups excluding carboxylic acids is 2. The molecule has 0 bridgehead atoms. The molecule has 0 unspecified atom stereocenters. The first-order valence-electron chi connectivity index (χ1n) is 14.3. The van der Waals surface area contributed by atoms with Crippen molar-refractivity contribution in [3.8, 4) is 5.75 Å². The molecule has 0 saturated carbocycles. The smallest absolute Gasteiger partial charge is 0.323 e. The molecule has 0 spiro atoms. The molecule has 2 aromatic rings. The Kier molecular flexibility index (Phi) is 12.2. The molecule has 12 heteroatoms. The molecule has 0 saturated heterocycles. The van der Waals surface area contributed by atoms with Crippen LogP contribution in [-0.4, -0.2) is 92.5 Å². The molecule has 11 nitrogen and oxygen atoms in total. The molecule has 3 amide bonds. The zero-order valence-corrected chi connectivity index (χ0v) is 25.9. The van der Waals surface area contributed by atoms with Gasteiger partial charge in [-0.2, -0.15) is 0 Å². The maximum Gasteiger partial charge on any atom is 0.323 e. The van der Waals surface area contributed by atoms with Gasteiger partial charge in [0, 0.05) is 44.0 Å². The van der Waals surface area contributed by atoms with Crippen molar-refractivity contribution in [2.75, 3.05) is 50.2 Å². The first kappa shape index (κ1) is 33.3. The minimum absolute atomic E-state index is 0.135. The molecule has 0 radical (unpaired) electrons. The Balaban J connectivity index is 1.95. The number of aliphatic hydroxyl groups excluding tert-OH is 1. The van der Waals surface area contributed by atoms with Crippen molar-refractivity contribution in [1.82, 2.24) is 9.21 Å². The molecule has 1 aliphatic rings. The fraction of sp³-hybridized carbons (Fsp3) is 0.533. The Hall–Kier alpha value is -3.19. The van der Waals surface area contributed by atoms with Crippen LogP contribution in [0.3, 0.4) is 0 Å². The zero-order chi connectivity index (χ0) is 30.9. The molecule has 3 rings (SSSR count). The van der Waals surface area contributed by atoms with E-state index < -0.39 is 28.2 Å². The van der Waals surface area contributed by atoms with E-state index in [2.05, 4.69) is 10.6 Å². The van der Waals surface area contributed by atoms with Crippen LogP contribution in [0.5, 0.6) is 5.75 Å². The first-order valence-corrected chi connectivity index (χ1v) is 16.1. The van der Waals surface area contributed by atoms with Crippen LogP contribution in [0.4, 0.5) is 16.2 Å². The highest BCUT2D eigenvalue weighted by atomic mass is 32.2. The summed E-state index contributed by atoms with van der Waals surface area (Å²) in [5, 5.41) is 15.6. The van der Waals surface area contributed by atoms with Gasteiger partial charge < -0.3 is 30.1 Å². The molecule has 1 aliphatic heterocycles. The van der Waals surface area contributed by atoms with E-state index in [-0.39, 0.29) is 43.2 Å². The van der Waals surface area contributed by atoms with Gasteiger partial charge in [-0.25, -0.2) is 17.5 Å². The lowest BCUT2D eigenvalue weighted by molar-refractivity contribution is -0.00828. The predicted molar refractivity (Wildman–Crippen MR) is 163 cm³/mol. The fourth-order valence-corrected chi connectivity index (χ4v) is 5.08. The van der Waals surface area contributed by atoms with E-state index in [1.807, 2.05) is 32.0 Å². The van der Waals surface area contributed by atoms with Crippen LogP contribution >= 0.6 is 0 Å². The molecular formula is C30H44N4O7S. The lowest BCUT2D eigenvalue weighted by atomic mass is 10.0. The van der Waals surface area contributed by atoms with E-state index in [0.29, 0.717) is 23.7 Å². The van der Waals surface area contributed by atoms with Gasteiger partial charge in [0.25, 0.3) is 5.91 Å². The third kappa shape index (κ3) is 9.69. The lowest BCUT2D eigenvalue weighted by Crippen LogP contribution is -2.47. The predicted octanol–water partition coefficient (Wildman–Crippen LogP) is 4.02. The summed E-state index contributed by atoms with van der Waals surface area (Å²) < 4.78 is 37.9. The van der Waals surface area contributed by atoms with E-state index in [1.165, 1.54) is 11.4 Å². The number of hydrogen-bond donors (Lipinski definition) is 3. The number of para-hydroxylation sites is 1. The van der Waals surface area contributed by atoms with Crippen LogP contribution in [0.1, 0.15) is 50.4 Å². The summed E-state index contributed by atoms with van der Waals surface area (Å²) in [5.41, 5.74) is 1.26. The van der Waals surface area contributed by atoms with Crippen LogP contribution in [0, 0.1) is 5.92 Å². The number of urea groups is 1. The fourth-order valence-electron chi connectivity index (χ4n) is 4.67. The number of likely N-dealkylation sites (N-methyl/N-ethyl adjacent to an activating group) is 1. The number of nitrogens with one attached hydrogen (secondary N) is 2. The maximum absolute atomic E-state index is 14.1. The lowest BCUT2D eigenvalue weighted by Gasteiger charge is -2.35. The standard InChI is InChI=1S/C30H44N4O7S/c1-21-18-34(22(2)20-35)29(36)26-17-25(32-30(37)31-24-12-7-6-8-13-24)14-15-27(26)41-23(3)11-9-10-16-40-28(21)19-33(4)42(5,38)39/h6-8,12-15,17,21-23,28,35H,9-11,16,18-20H2,1-5H3,(H2,31,32,37)/t21-,22+,23-,28-/m0/s1. The second-order valence-electron chi connectivity index (χ2n) is 11.0. The summed E-state index contributed by atoms with van der Waals surface area (Å²) in [6, 6.07) is 12.9. The highest BCUT2D eigenvalue weighted by Crippen LogP contribution is 2.28. The van der Waals surface area contributed by atoms with Gasteiger partial charge in [0.05, 0.1) is 36.7 Å². The van der Waals surface area contributed by atoms with Gasteiger partial charge in [0.1, 0.15) is 5.75 Å². The number of amides is 3. The number of carbonyl (C=O) groups is 2. The first-order chi connectivity index (χ1) is 19.9. The zero-order valence-electron chi connectivity index (χ0n) is 25.1. The van der Waals surface area contributed by atoms with E-state index in [1.54, 1.807) is 42.2 Å². The quantitative estimate of drug-likeness (QED) is 0.434. The minimum Gasteiger partial charge on any atom is -0.490 e. The molecule has 0 fully saturated rings. The van der Waals surface area contributed by atoms with Crippen molar-refractivity contribution < 1.29 is 32.6 Å². The summed E-state index contributed by atoms with van der Waals surface area (Å²) in [7, 11) is -1.93. The number of aliphatic hydroxyl groups is 1. The number of hydrogen-bond acceptors (Lipinski definition) is 7. The number of nitrogens with zero attached hydrogens (tertiary/aromatic N) is 2. The summed E-state index contributed by atoms with van der Waals surface area (Å²) in [6.07, 6.45) is 2.78. The average Bonchev–Trinajstić information content (AvgIpc) is 2.94. The number of ether oxygens (including phenoxy) is 2. The van der Waals surface area contributed by atoms with Crippen molar-refractivity contribution in [3.05, 3.63) is 54.1 Å². The van der Waals surface area contributed by atoms with Crippen LogP contribution in [0.15, 0.2) is 48.5 Å². The summed E-state index contributed by atoms with van der Waals surface area (Å²) in [5.74, 6) is -0.271. The SMILES string of the molecule is C[C@H](CO)N1C[C@H](C)[C@H](CN(C)S(C)(=O)=O)OCCCC[C@H](C)Oc2ccc(NC(=O)Nc3ccccc3)cc2C1=O. The number of benzene rings is 2. The maximum atomic E-state index is 14.1. The largest absolute Gasteiger partial charge is 0.490 e. The molecule has 42 heavy (non-hydrogen) atoms. The molecular weight excluding hydrogens is 560 g/mol. The van der Waals surface area contributed by atoms with Gasteiger partial charge in [-0.15, -0.1) is 0 Å². The van der Waals surface area contributed by atoms with Crippen molar-refractivity contribution in [2.45, 2.75) is 58.3 Å². The third-order valence-electron chi connectivity index (χ3n) is 7.34. The second-order valence-corrected chi connectivity index (χ2v) is 13.1. The summed E-state index contributed by atoms with van der Waals surface area (Å²) in [4.78, 5) is 28.4. The Labute approximate surface area is 249 Å². The average molecular weight is 605 g/mol. The van der Waals surface area contributed by atoms with Gasteiger partial charge in [0.2, 0.25) is 10.0 Å². The van der Waals surface area contributed by atoms with Crippen molar-refractivity contribution in [2.24, 2.45) is 5.92 Å². The van der Waals surface area contributed by atoms with E-state index in [9.17, 15) is 23.1 Å². The van der Waals surface area contributed by atoms with E-state index >= 15 is 0 Å². The van der Waals surface area contributed by atoms with Crippen LogP contribution < -0.4 is 15.4 Å². The summed E-state index contributed by atoms with van der Waals surface area (Å²) >= 11 is 0. The summed E-state index contributed by atoms with van der Waals surface area (Å²) in [6.45, 7) is 6.07. The Morgan fingerprint density at radius 1 is 1.12 bits per heavy atom. The van der Waals surface area contributed by atoms with Crippen LogP contribution in [-0.2, 0) is 14.8 Å². The van der Waals surface area contributed by atoms with Crippen molar-refractivity contribution >= 4 is 33.3 Å². The topological polar surface area (TPSA) is 138 Å². The molecule has 0 aromatic heterocycles. The van der Waals surface area contributed by atoms with Crippen LogP contribution in [0.2, 0.25) is 0 Å². The number of fused-ring (bicyclic) bond motifs is 1. The van der Waals surface area contributed by atoms with Gasteiger partial charge in [-0.05, 0) is 63.4 Å². The highest BCUT2D eigenvalue weighted by Gasteiger charge is 2.31. The van der Waals surface area contributed by atoms with Gasteiger partial charge in [0.15, 0.2) is 0 Å². The Morgan fingerprint density at radius 3 is 2.48 bits per heavy atom. The van der Waals surface area contributed by atoms with Crippen LogP contribution in [0.25, 0.3) is 0 Å². The number of sulfonamides is 1. The van der Waals surface area contributed by atoms with Crippen molar-refractivity contribution in [1.29, 1.82) is 0 Å². The van der Waals surface area contributed by atoms with Gasteiger partial charge in [-0.3, -0.25) is 4.79 Å². The Morgan fingerprint density at radius 2 is 1.81 bits per heavy atom. The molecule has 232 valence electrons. The molecule has 1 heterocycles. The highest BCUT2D eigenvalue weighted by molar-refractivity contribution is 7.88. The second kappa shape index (κ2) is 15.3. The molecule has 3 N–H and O–H groups in total. The van der Waals surface area contributed by atoms with Gasteiger partial charge in [-0.1, -0.05) is 25.1 Å². The number of rotatable bonds is 7. The Bertz CT molecular complexity index is 1290. The minimum atomic E-state index is -3.44. The molecule has 4 atom stereocenters. The molecule has 2 aromatic carbocycles. The normalized spacial score (nSPS) is 21.5. The molecule has 0 aliphatic carbocycles. The monoisotopic (exact) mass is 604 g/mol. The van der Waals surface area contributed by atoms with E-state index in [4.69, 9.17) is 9.47 Å². The third-order valence-corrected chi connectivity index (χ3v) is 8.63.